The summed E-state index contributed by atoms with van der Waals surface area (Å²) in [5.41, 5.74) is 2.38. The van der Waals surface area contributed by atoms with Gasteiger partial charge in [0.05, 0.1) is 5.69 Å². The normalized spacial score (nSPS) is 13.5. The summed E-state index contributed by atoms with van der Waals surface area (Å²) in [5, 5.41) is 4.44. The molecule has 64 valence electrons. The second kappa shape index (κ2) is 2.55. The van der Waals surface area contributed by atoms with Gasteiger partial charge >= 0.3 is 0 Å². The fraction of sp³-hybridized carbons (Fsp3) is 0.625. The van der Waals surface area contributed by atoms with E-state index in [4.69, 9.17) is 0 Å². The van der Waals surface area contributed by atoms with Crippen LogP contribution in [0, 0.1) is 13.8 Å². The Labute approximate surface area is 70.1 Å². The molecule has 0 aromatic carbocycles. The quantitative estimate of drug-likeness (QED) is 0.633. The maximum atomic E-state index is 4.44. The van der Waals surface area contributed by atoms with Crippen LogP contribution in [0.25, 0.3) is 0 Å². The Morgan fingerprint density at radius 3 is 2.00 bits per heavy atom. The van der Waals surface area contributed by atoms with Crippen LogP contribution >= 0.6 is 10.2 Å². The summed E-state index contributed by atoms with van der Waals surface area (Å²) >= 11 is 0. The molecule has 3 heteroatoms. The minimum absolute atomic E-state index is 0.707. The molecule has 11 heavy (non-hydrogen) atoms. The van der Waals surface area contributed by atoms with Gasteiger partial charge in [-0.25, -0.2) is 4.09 Å². The van der Waals surface area contributed by atoms with Gasteiger partial charge in [-0.1, -0.05) is 0 Å². The van der Waals surface area contributed by atoms with Gasteiger partial charge in [-0.3, -0.25) is 0 Å². The van der Waals surface area contributed by atoms with E-state index in [9.17, 15) is 0 Å². The third-order valence-electron chi connectivity index (χ3n) is 1.49. The van der Waals surface area contributed by atoms with Crippen molar-refractivity contribution in [3.8, 4) is 0 Å². The van der Waals surface area contributed by atoms with E-state index in [1.807, 2.05) is 6.92 Å². The largest absolute Gasteiger partial charge is 0.231 e. The van der Waals surface area contributed by atoms with Gasteiger partial charge in [0.15, 0.2) is 0 Å². The van der Waals surface area contributed by atoms with Crippen molar-refractivity contribution in [3.63, 3.8) is 0 Å². The fourth-order valence-corrected chi connectivity index (χ4v) is 2.45. The molecule has 1 aromatic rings. The van der Waals surface area contributed by atoms with E-state index < -0.39 is 10.2 Å². The second-order valence-electron chi connectivity index (χ2n) is 3.57. The lowest BCUT2D eigenvalue weighted by atomic mass is 10.4. The number of aryl methyl sites for hydroxylation is 2. The SMILES string of the molecule is Cc1cc(C)n(S(C)(C)C)n1. The standard InChI is InChI=1S/C8H16N2S/c1-7-6-8(2)10(9-7)11(3,4)5/h6H,1-5H3. The topological polar surface area (TPSA) is 17.8 Å². The molecular weight excluding hydrogens is 156 g/mol. The van der Waals surface area contributed by atoms with Crippen molar-refractivity contribution in [3.05, 3.63) is 17.5 Å². The third kappa shape index (κ3) is 1.77. The first-order valence-electron chi connectivity index (χ1n) is 3.63. The highest BCUT2D eigenvalue weighted by Crippen LogP contribution is 2.37. The average Bonchev–Trinajstić information content (AvgIpc) is 2.08. The minimum atomic E-state index is -0.707. The smallest absolute Gasteiger partial charge is 0.0606 e. The maximum Gasteiger partial charge on any atom is 0.0606 e. The second-order valence-corrected chi connectivity index (χ2v) is 7.46. The molecule has 0 fully saturated rings. The molecular formula is C8H16N2S. The maximum absolute atomic E-state index is 4.44. The number of hydrogen-bond donors (Lipinski definition) is 0. The Bertz CT molecular complexity index is 258. The molecule has 0 N–H and O–H groups in total. The van der Waals surface area contributed by atoms with Gasteiger partial charge in [0.1, 0.15) is 0 Å². The van der Waals surface area contributed by atoms with Gasteiger partial charge in [0.2, 0.25) is 0 Å². The highest BCUT2D eigenvalue weighted by Gasteiger charge is 2.10. The predicted molar refractivity (Wildman–Crippen MR) is 52.5 cm³/mol. The zero-order chi connectivity index (χ0) is 8.65. The highest BCUT2D eigenvalue weighted by atomic mass is 32.3. The molecule has 2 nitrogen and oxygen atoms in total. The van der Waals surface area contributed by atoms with Crippen molar-refractivity contribution in [1.29, 1.82) is 0 Å². The van der Waals surface area contributed by atoms with Crippen LogP contribution in [0.4, 0.5) is 0 Å². The average molecular weight is 172 g/mol. The number of hydrogen-bond acceptors (Lipinski definition) is 1. The molecule has 1 aromatic heterocycles. The molecule has 1 heterocycles. The Morgan fingerprint density at radius 1 is 1.27 bits per heavy atom. The molecule has 0 saturated heterocycles. The molecule has 0 aliphatic carbocycles. The van der Waals surface area contributed by atoms with E-state index in [0.29, 0.717) is 0 Å². The highest BCUT2D eigenvalue weighted by molar-refractivity contribution is 8.30. The summed E-state index contributed by atoms with van der Waals surface area (Å²) in [5.74, 6) is 0. The van der Waals surface area contributed by atoms with Gasteiger partial charge in [0.25, 0.3) is 0 Å². The zero-order valence-corrected chi connectivity index (χ0v) is 8.70. The van der Waals surface area contributed by atoms with Gasteiger partial charge in [0, 0.05) is 5.69 Å². The third-order valence-corrected chi connectivity index (χ3v) is 2.89. The van der Waals surface area contributed by atoms with Gasteiger partial charge < -0.3 is 0 Å². The molecule has 0 saturated carbocycles. The predicted octanol–water partition coefficient (Wildman–Crippen LogP) is 1.96. The van der Waals surface area contributed by atoms with Crippen molar-refractivity contribution >= 4 is 10.2 Å². The summed E-state index contributed by atoms with van der Waals surface area (Å²) in [4.78, 5) is 0. The Hall–Kier alpha value is -0.440. The first-order valence-corrected chi connectivity index (χ1v) is 6.45. The molecule has 0 bridgehead atoms. The lowest BCUT2D eigenvalue weighted by Gasteiger charge is -2.27. The van der Waals surface area contributed by atoms with Gasteiger partial charge in [-0.2, -0.15) is 15.3 Å². The number of nitrogens with zero attached hydrogens (tertiary/aromatic N) is 2. The van der Waals surface area contributed by atoms with Crippen LogP contribution in [-0.4, -0.2) is 28.0 Å². The Morgan fingerprint density at radius 2 is 1.82 bits per heavy atom. The first kappa shape index (κ1) is 8.65. The zero-order valence-electron chi connectivity index (χ0n) is 7.88. The van der Waals surface area contributed by atoms with Crippen LogP contribution in [0.3, 0.4) is 0 Å². The van der Waals surface area contributed by atoms with E-state index in [0.717, 1.165) is 5.69 Å². The van der Waals surface area contributed by atoms with E-state index >= 15 is 0 Å². The summed E-state index contributed by atoms with van der Waals surface area (Å²) in [6.07, 6.45) is 6.73. The van der Waals surface area contributed by atoms with Crippen LogP contribution in [0.15, 0.2) is 6.07 Å². The molecule has 0 amide bonds. The lowest BCUT2D eigenvalue weighted by Crippen LogP contribution is -2.08. The Kier molecular flexibility index (Phi) is 2.01. The van der Waals surface area contributed by atoms with Crippen LogP contribution in [-0.2, 0) is 0 Å². The van der Waals surface area contributed by atoms with Gasteiger partial charge in [-0.05, 0) is 38.7 Å². The Balaban J connectivity index is 3.13. The summed E-state index contributed by atoms with van der Waals surface area (Å²) in [7, 11) is -0.707. The van der Waals surface area contributed by atoms with Gasteiger partial charge in [-0.15, -0.1) is 0 Å². The molecule has 0 unspecified atom stereocenters. The van der Waals surface area contributed by atoms with Crippen molar-refractivity contribution in [2.75, 3.05) is 18.8 Å². The van der Waals surface area contributed by atoms with E-state index in [1.54, 1.807) is 0 Å². The molecule has 0 spiro atoms. The van der Waals surface area contributed by atoms with Crippen LogP contribution < -0.4 is 0 Å². The minimum Gasteiger partial charge on any atom is -0.231 e. The van der Waals surface area contributed by atoms with E-state index in [-0.39, 0.29) is 0 Å². The van der Waals surface area contributed by atoms with E-state index in [2.05, 4.69) is 40.9 Å². The molecule has 0 radical (unpaired) electrons. The van der Waals surface area contributed by atoms with E-state index in [1.165, 1.54) is 5.69 Å². The monoisotopic (exact) mass is 172 g/mol. The summed E-state index contributed by atoms with van der Waals surface area (Å²) < 4.78 is 2.14. The number of rotatable bonds is 1. The van der Waals surface area contributed by atoms with Crippen LogP contribution in [0.1, 0.15) is 11.4 Å². The molecule has 0 atom stereocenters. The molecule has 0 aliphatic rings. The number of aromatic nitrogens is 2. The fourth-order valence-electron chi connectivity index (χ4n) is 1.16. The van der Waals surface area contributed by atoms with Crippen LogP contribution in [0.5, 0.6) is 0 Å². The molecule has 1 rings (SSSR count). The van der Waals surface area contributed by atoms with Crippen molar-refractivity contribution in [2.24, 2.45) is 0 Å². The molecule has 0 aliphatic heterocycles. The van der Waals surface area contributed by atoms with Crippen molar-refractivity contribution in [2.45, 2.75) is 13.8 Å². The first-order chi connectivity index (χ1) is 4.91. The summed E-state index contributed by atoms with van der Waals surface area (Å²) in [6.45, 7) is 4.15. The summed E-state index contributed by atoms with van der Waals surface area (Å²) in [6, 6.07) is 2.12. The van der Waals surface area contributed by atoms with Crippen LogP contribution in [0.2, 0.25) is 0 Å². The van der Waals surface area contributed by atoms with Crippen molar-refractivity contribution in [1.82, 2.24) is 9.19 Å². The lowest BCUT2D eigenvalue weighted by molar-refractivity contribution is 0.933. The van der Waals surface area contributed by atoms with Crippen molar-refractivity contribution < 1.29 is 0 Å².